The van der Waals surface area contributed by atoms with Gasteiger partial charge >= 0.3 is 0 Å². The molecule has 1 atom stereocenters. The molecule has 0 saturated carbocycles. The van der Waals surface area contributed by atoms with Crippen LogP contribution in [0.15, 0.2) is 11.4 Å². The predicted molar refractivity (Wildman–Crippen MR) is 47.0 cm³/mol. The van der Waals surface area contributed by atoms with E-state index in [1.807, 2.05) is 11.4 Å². The van der Waals surface area contributed by atoms with Gasteiger partial charge in [-0.2, -0.15) is 0 Å². The fraction of sp³-hybridized carbons (Fsp3) is 0.333. The maximum Gasteiger partial charge on any atom is 0.0931 e. The lowest BCUT2D eigenvalue weighted by atomic mass is 10.2. The monoisotopic (exact) mass is 195 g/mol. The molecule has 56 valence electrons. The van der Waals surface area contributed by atoms with E-state index in [9.17, 15) is 0 Å². The summed E-state index contributed by atoms with van der Waals surface area (Å²) in [5.74, 6) is 0. The van der Waals surface area contributed by atoms with Crippen molar-refractivity contribution in [2.24, 2.45) is 5.73 Å². The van der Waals surface area contributed by atoms with E-state index in [2.05, 4.69) is 0 Å². The molecular formula is C6H7Cl2NS. The minimum Gasteiger partial charge on any atom is -0.329 e. The van der Waals surface area contributed by atoms with Crippen molar-refractivity contribution in [3.63, 3.8) is 0 Å². The molecule has 0 bridgehead atoms. The molecule has 0 radical (unpaired) electrons. The van der Waals surface area contributed by atoms with E-state index in [1.165, 1.54) is 11.3 Å². The van der Waals surface area contributed by atoms with Crippen LogP contribution in [0.25, 0.3) is 0 Å². The lowest BCUT2D eigenvalue weighted by Gasteiger charge is -2.00. The molecular weight excluding hydrogens is 189 g/mol. The summed E-state index contributed by atoms with van der Waals surface area (Å²) in [4.78, 5) is 0. The summed E-state index contributed by atoms with van der Waals surface area (Å²) in [6, 6.07) is 1.84. The summed E-state index contributed by atoms with van der Waals surface area (Å²) in [6.07, 6.45) is 0. The van der Waals surface area contributed by atoms with Crippen molar-refractivity contribution in [2.45, 2.75) is 5.38 Å². The van der Waals surface area contributed by atoms with E-state index in [0.29, 0.717) is 6.54 Å². The highest BCUT2D eigenvalue weighted by Gasteiger charge is 2.06. The minimum atomic E-state index is -0.0938. The zero-order valence-electron chi connectivity index (χ0n) is 5.18. The third-order valence-corrected chi connectivity index (χ3v) is 2.70. The maximum absolute atomic E-state index is 5.83. The van der Waals surface area contributed by atoms with Crippen molar-refractivity contribution in [3.05, 3.63) is 21.3 Å². The number of alkyl halides is 1. The lowest BCUT2D eigenvalue weighted by molar-refractivity contribution is 0.936. The molecule has 1 heterocycles. The van der Waals surface area contributed by atoms with Crippen LogP contribution in [0.1, 0.15) is 10.9 Å². The van der Waals surface area contributed by atoms with Crippen LogP contribution in [-0.2, 0) is 0 Å². The van der Waals surface area contributed by atoms with E-state index >= 15 is 0 Å². The lowest BCUT2D eigenvalue weighted by Crippen LogP contribution is -2.05. The molecule has 2 N–H and O–H groups in total. The first-order valence-electron chi connectivity index (χ1n) is 2.82. The first-order valence-corrected chi connectivity index (χ1v) is 4.51. The van der Waals surface area contributed by atoms with Gasteiger partial charge in [0, 0.05) is 6.54 Å². The molecule has 0 aliphatic carbocycles. The second-order valence-corrected chi connectivity index (χ2v) is 3.96. The fourth-order valence-corrected chi connectivity index (χ4v) is 1.77. The smallest absolute Gasteiger partial charge is 0.0931 e. The topological polar surface area (TPSA) is 26.0 Å². The molecule has 0 saturated heterocycles. The Morgan fingerprint density at radius 3 is 2.80 bits per heavy atom. The second-order valence-electron chi connectivity index (χ2n) is 1.89. The highest BCUT2D eigenvalue weighted by atomic mass is 35.5. The average Bonchev–Trinajstić information content (AvgIpc) is 2.34. The van der Waals surface area contributed by atoms with Gasteiger partial charge in [-0.05, 0) is 17.0 Å². The van der Waals surface area contributed by atoms with Crippen molar-refractivity contribution in [1.29, 1.82) is 0 Å². The quantitative estimate of drug-likeness (QED) is 0.723. The Labute approximate surface area is 73.7 Å². The van der Waals surface area contributed by atoms with Gasteiger partial charge in [0.2, 0.25) is 0 Å². The molecule has 4 heteroatoms. The third-order valence-electron chi connectivity index (χ3n) is 1.16. The molecule has 0 aliphatic heterocycles. The fourth-order valence-electron chi connectivity index (χ4n) is 0.624. The molecule has 1 aromatic rings. The molecule has 0 aromatic carbocycles. The molecule has 10 heavy (non-hydrogen) atoms. The van der Waals surface area contributed by atoms with Crippen molar-refractivity contribution in [3.8, 4) is 0 Å². The Hall–Kier alpha value is 0.240. The summed E-state index contributed by atoms with van der Waals surface area (Å²) < 4.78 is 0.758. The highest BCUT2D eigenvalue weighted by Crippen LogP contribution is 2.27. The van der Waals surface area contributed by atoms with Crippen molar-refractivity contribution in [1.82, 2.24) is 0 Å². The Morgan fingerprint density at radius 2 is 2.40 bits per heavy atom. The Morgan fingerprint density at radius 1 is 1.70 bits per heavy atom. The normalized spacial score (nSPS) is 13.5. The third kappa shape index (κ3) is 1.86. The predicted octanol–water partition coefficient (Wildman–Crippen LogP) is 2.64. The molecule has 0 amide bonds. The van der Waals surface area contributed by atoms with Crippen molar-refractivity contribution in [2.75, 3.05) is 6.54 Å². The van der Waals surface area contributed by atoms with Crippen LogP contribution in [0.2, 0.25) is 4.34 Å². The van der Waals surface area contributed by atoms with E-state index in [-0.39, 0.29) is 5.38 Å². The highest BCUT2D eigenvalue weighted by molar-refractivity contribution is 7.14. The standard InChI is InChI=1S/C6H7Cl2NS/c7-5(2-9)4-1-6(8)10-3-4/h1,3,5H,2,9H2. The van der Waals surface area contributed by atoms with Gasteiger partial charge in [0.15, 0.2) is 0 Å². The Bertz CT molecular complexity index is 211. The van der Waals surface area contributed by atoms with Gasteiger partial charge in [-0.3, -0.25) is 0 Å². The number of halogens is 2. The van der Waals surface area contributed by atoms with Crippen molar-refractivity contribution < 1.29 is 0 Å². The first kappa shape index (κ1) is 8.34. The zero-order chi connectivity index (χ0) is 7.56. The molecule has 0 aliphatic rings. The van der Waals surface area contributed by atoms with Crippen LogP contribution in [0.3, 0.4) is 0 Å². The van der Waals surface area contributed by atoms with Crippen LogP contribution in [0.4, 0.5) is 0 Å². The van der Waals surface area contributed by atoms with E-state index < -0.39 is 0 Å². The number of hydrogen-bond donors (Lipinski definition) is 1. The average molecular weight is 196 g/mol. The SMILES string of the molecule is NCC(Cl)c1csc(Cl)c1. The number of thiophene rings is 1. The van der Waals surface area contributed by atoms with Gasteiger partial charge in [0.25, 0.3) is 0 Å². The largest absolute Gasteiger partial charge is 0.329 e. The van der Waals surface area contributed by atoms with E-state index in [0.717, 1.165) is 9.90 Å². The summed E-state index contributed by atoms with van der Waals surface area (Å²) >= 11 is 13.0. The van der Waals surface area contributed by atoms with Gasteiger partial charge < -0.3 is 5.73 Å². The molecule has 0 fully saturated rings. The molecule has 1 aromatic heterocycles. The van der Waals surface area contributed by atoms with Crippen LogP contribution in [0, 0.1) is 0 Å². The van der Waals surface area contributed by atoms with Crippen LogP contribution in [0.5, 0.6) is 0 Å². The number of hydrogen-bond acceptors (Lipinski definition) is 2. The van der Waals surface area contributed by atoms with Gasteiger partial charge in [-0.15, -0.1) is 22.9 Å². The molecule has 1 nitrogen and oxygen atoms in total. The molecule has 0 spiro atoms. The van der Waals surface area contributed by atoms with Gasteiger partial charge in [0.1, 0.15) is 0 Å². The molecule has 1 rings (SSSR count). The summed E-state index contributed by atoms with van der Waals surface area (Å²) in [5, 5.41) is 1.83. The first-order chi connectivity index (χ1) is 4.74. The minimum absolute atomic E-state index is 0.0938. The van der Waals surface area contributed by atoms with Crippen LogP contribution >= 0.6 is 34.5 Å². The summed E-state index contributed by atoms with van der Waals surface area (Å²) in [6.45, 7) is 0.453. The maximum atomic E-state index is 5.83. The van der Waals surface area contributed by atoms with Gasteiger partial charge in [0.05, 0.1) is 9.71 Å². The summed E-state index contributed by atoms with van der Waals surface area (Å²) in [5.41, 5.74) is 6.36. The van der Waals surface area contributed by atoms with E-state index in [1.54, 1.807) is 0 Å². The number of rotatable bonds is 2. The van der Waals surface area contributed by atoms with Crippen LogP contribution in [-0.4, -0.2) is 6.54 Å². The summed E-state index contributed by atoms with van der Waals surface area (Å²) in [7, 11) is 0. The second kappa shape index (κ2) is 3.58. The Kier molecular flexibility index (Phi) is 2.98. The Balaban J connectivity index is 2.74. The van der Waals surface area contributed by atoms with E-state index in [4.69, 9.17) is 28.9 Å². The van der Waals surface area contributed by atoms with Gasteiger partial charge in [-0.1, -0.05) is 11.6 Å². The van der Waals surface area contributed by atoms with Crippen molar-refractivity contribution >= 4 is 34.5 Å². The van der Waals surface area contributed by atoms with Gasteiger partial charge in [-0.25, -0.2) is 0 Å². The van der Waals surface area contributed by atoms with Crippen LogP contribution < -0.4 is 5.73 Å². The molecule has 1 unspecified atom stereocenters. The zero-order valence-corrected chi connectivity index (χ0v) is 7.51. The number of nitrogens with two attached hydrogens (primary N) is 1.